The summed E-state index contributed by atoms with van der Waals surface area (Å²) in [5.41, 5.74) is 2.39. The van der Waals surface area contributed by atoms with E-state index in [9.17, 15) is 4.79 Å². The number of nitrogens with one attached hydrogen (secondary N) is 1. The van der Waals surface area contributed by atoms with Crippen LogP contribution in [0.4, 0.5) is 5.69 Å². The number of hydrogen-bond acceptors (Lipinski definition) is 5. The molecule has 1 N–H and O–H groups in total. The smallest absolute Gasteiger partial charge is 0.258 e. The number of amides is 1. The van der Waals surface area contributed by atoms with Crippen molar-refractivity contribution < 1.29 is 18.7 Å². The summed E-state index contributed by atoms with van der Waals surface area (Å²) >= 11 is 0. The van der Waals surface area contributed by atoms with Crippen molar-refractivity contribution in [1.82, 2.24) is 4.90 Å². The maximum absolute atomic E-state index is 13.2. The van der Waals surface area contributed by atoms with Crippen LogP contribution in [0.5, 0.6) is 11.5 Å². The molecule has 0 saturated carbocycles. The van der Waals surface area contributed by atoms with Crippen LogP contribution in [0.2, 0.25) is 0 Å². The summed E-state index contributed by atoms with van der Waals surface area (Å²) in [6.45, 7) is 1.43. The van der Waals surface area contributed by atoms with Gasteiger partial charge in [-0.1, -0.05) is 18.2 Å². The fourth-order valence-corrected chi connectivity index (χ4v) is 3.52. The Morgan fingerprint density at radius 1 is 1.00 bits per heavy atom. The van der Waals surface area contributed by atoms with Crippen molar-refractivity contribution in [2.75, 3.05) is 18.5 Å². The van der Waals surface area contributed by atoms with Crippen molar-refractivity contribution in [3.8, 4) is 11.5 Å². The number of para-hydroxylation sites is 1. The van der Waals surface area contributed by atoms with E-state index in [1.54, 1.807) is 11.2 Å². The lowest BCUT2D eigenvalue weighted by Gasteiger charge is -2.38. The standard InChI is InChI=1S/C21H18N2O4/c24-21-16-5-1-2-6-17(16)22-20(23(21)13-15-4-3-9-25-15)14-7-8-18-19(12-14)27-11-10-26-18/h1-9,12,20,22H,10-11,13H2/t20-/m1/s1. The Kier molecular flexibility index (Phi) is 3.74. The Bertz CT molecular complexity index is 984. The van der Waals surface area contributed by atoms with Crippen LogP contribution in [0.15, 0.2) is 65.3 Å². The van der Waals surface area contributed by atoms with Gasteiger partial charge < -0.3 is 24.1 Å². The van der Waals surface area contributed by atoms with E-state index < -0.39 is 0 Å². The van der Waals surface area contributed by atoms with Crippen LogP contribution in [0.3, 0.4) is 0 Å². The van der Waals surface area contributed by atoms with Gasteiger partial charge in [0.1, 0.15) is 25.1 Å². The van der Waals surface area contributed by atoms with Crippen molar-refractivity contribution in [1.29, 1.82) is 0 Å². The van der Waals surface area contributed by atoms with Gasteiger partial charge in [0.05, 0.1) is 18.4 Å². The van der Waals surface area contributed by atoms with Crippen LogP contribution < -0.4 is 14.8 Å². The van der Waals surface area contributed by atoms with E-state index in [2.05, 4.69) is 5.32 Å². The molecule has 5 rings (SSSR count). The zero-order chi connectivity index (χ0) is 18.2. The highest BCUT2D eigenvalue weighted by Crippen LogP contribution is 2.38. The van der Waals surface area contributed by atoms with E-state index in [1.165, 1.54) is 0 Å². The summed E-state index contributed by atoms with van der Waals surface area (Å²) in [5.74, 6) is 2.11. The van der Waals surface area contributed by atoms with Crippen LogP contribution in [0, 0.1) is 0 Å². The minimum absolute atomic E-state index is 0.0411. The first-order valence-corrected chi connectivity index (χ1v) is 8.88. The molecule has 3 heterocycles. The molecule has 0 saturated heterocycles. The number of carbonyl (C=O) groups excluding carboxylic acids is 1. The third kappa shape index (κ3) is 2.79. The molecule has 3 aromatic rings. The maximum atomic E-state index is 13.2. The van der Waals surface area contributed by atoms with Gasteiger partial charge in [-0.25, -0.2) is 0 Å². The number of rotatable bonds is 3. The molecule has 6 heteroatoms. The fourth-order valence-electron chi connectivity index (χ4n) is 3.52. The van der Waals surface area contributed by atoms with E-state index in [-0.39, 0.29) is 12.1 Å². The quantitative estimate of drug-likeness (QED) is 0.767. The molecule has 27 heavy (non-hydrogen) atoms. The normalized spacial score (nSPS) is 18.0. The van der Waals surface area contributed by atoms with Crippen LogP contribution in [0.25, 0.3) is 0 Å². The van der Waals surface area contributed by atoms with Crippen LogP contribution in [0.1, 0.15) is 27.8 Å². The molecule has 136 valence electrons. The molecule has 6 nitrogen and oxygen atoms in total. The van der Waals surface area contributed by atoms with E-state index in [0.29, 0.717) is 31.1 Å². The second kappa shape index (κ2) is 6.39. The first-order chi connectivity index (χ1) is 13.3. The zero-order valence-corrected chi connectivity index (χ0v) is 14.6. The highest BCUT2D eigenvalue weighted by Gasteiger charge is 2.34. The number of nitrogens with zero attached hydrogens (tertiary/aromatic N) is 1. The summed E-state index contributed by atoms with van der Waals surface area (Å²) < 4.78 is 16.8. The molecule has 2 aromatic carbocycles. The van der Waals surface area contributed by atoms with Crippen LogP contribution in [-0.2, 0) is 6.54 Å². The van der Waals surface area contributed by atoms with Gasteiger partial charge in [0.25, 0.3) is 5.91 Å². The van der Waals surface area contributed by atoms with Crippen molar-refractivity contribution in [3.63, 3.8) is 0 Å². The number of carbonyl (C=O) groups is 1. The summed E-state index contributed by atoms with van der Waals surface area (Å²) in [6.07, 6.45) is 1.28. The van der Waals surface area contributed by atoms with Crippen LogP contribution in [-0.4, -0.2) is 24.0 Å². The molecule has 1 amide bonds. The van der Waals surface area contributed by atoms with Crippen molar-refractivity contribution >= 4 is 11.6 Å². The van der Waals surface area contributed by atoms with Gasteiger partial charge in [0.2, 0.25) is 0 Å². The molecule has 1 atom stereocenters. The number of fused-ring (bicyclic) bond motifs is 2. The molecule has 2 aliphatic heterocycles. The number of hydrogen-bond donors (Lipinski definition) is 1. The maximum Gasteiger partial charge on any atom is 0.258 e. The molecular weight excluding hydrogens is 344 g/mol. The molecule has 0 aliphatic carbocycles. The summed E-state index contributed by atoms with van der Waals surface area (Å²) in [5, 5.41) is 3.48. The van der Waals surface area contributed by atoms with Gasteiger partial charge in [-0.15, -0.1) is 0 Å². The van der Waals surface area contributed by atoms with E-state index in [4.69, 9.17) is 13.9 Å². The minimum Gasteiger partial charge on any atom is -0.486 e. The highest BCUT2D eigenvalue weighted by molar-refractivity contribution is 6.01. The monoisotopic (exact) mass is 362 g/mol. The Labute approximate surface area is 156 Å². The van der Waals surface area contributed by atoms with E-state index in [0.717, 1.165) is 22.8 Å². The van der Waals surface area contributed by atoms with Gasteiger partial charge in [0, 0.05) is 5.69 Å². The summed E-state index contributed by atoms with van der Waals surface area (Å²) in [6, 6.07) is 17.0. The molecule has 0 spiro atoms. The second-order valence-corrected chi connectivity index (χ2v) is 6.51. The molecule has 2 aliphatic rings. The van der Waals surface area contributed by atoms with Crippen LogP contribution >= 0.6 is 0 Å². The zero-order valence-electron chi connectivity index (χ0n) is 14.6. The lowest BCUT2D eigenvalue weighted by molar-refractivity contribution is 0.0651. The van der Waals surface area contributed by atoms with Gasteiger partial charge in [-0.3, -0.25) is 4.79 Å². The molecular formula is C21H18N2O4. The predicted octanol–water partition coefficient (Wildman–Crippen LogP) is 3.82. The summed E-state index contributed by atoms with van der Waals surface area (Å²) in [7, 11) is 0. The second-order valence-electron chi connectivity index (χ2n) is 6.51. The third-order valence-corrected chi connectivity index (χ3v) is 4.81. The topological polar surface area (TPSA) is 63.9 Å². The Morgan fingerprint density at radius 2 is 1.85 bits per heavy atom. The average Bonchev–Trinajstić information content (AvgIpc) is 3.23. The Morgan fingerprint density at radius 3 is 2.70 bits per heavy atom. The number of ether oxygens (including phenoxy) is 2. The fraction of sp³-hybridized carbons (Fsp3) is 0.190. The number of benzene rings is 2. The van der Waals surface area contributed by atoms with Crippen molar-refractivity contribution in [2.45, 2.75) is 12.7 Å². The Balaban J connectivity index is 1.56. The van der Waals surface area contributed by atoms with Gasteiger partial charge in [-0.2, -0.15) is 0 Å². The summed E-state index contributed by atoms with van der Waals surface area (Å²) in [4.78, 5) is 15.0. The first kappa shape index (κ1) is 15.8. The average molecular weight is 362 g/mol. The molecule has 0 bridgehead atoms. The number of furan rings is 1. The third-order valence-electron chi connectivity index (χ3n) is 4.81. The largest absolute Gasteiger partial charge is 0.486 e. The molecule has 0 fully saturated rings. The minimum atomic E-state index is -0.340. The molecule has 1 aromatic heterocycles. The lowest BCUT2D eigenvalue weighted by atomic mass is 10.0. The predicted molar refractivity (Wildman–Crippen MR) is 98.8 cm³/mol. The highest BCUT2D eigenvalue weighted by atomic mass is 16.6. The van der Waals surface area contributed by atoms with Crippen molar-refractivity contribution in [3.05, 3.63) is 77.7 Å². The van der Waals surface area contributed by atoms with Crippen molar-refractivity contribution in [2.24, 2.45) is 0 Å². The Hall–Kier alpha value is -3.41. The molecule has 0 unspecified atom stereocenters. The van der Waals surface area contributed by atoms with Gasteiger partial charge in [0.15, 0.2) is 11.5 Å². The van der Waals surface area contributed by atoms with Gasteiger partial charge in [-0.05, 0) is 42.0 Å². The first-order valence-electron chi connectivity index (χ1n) is 8.88. The molecule has 0 radical (unpaired) electrons. The lowest BCUT2D eigenvalue weighted by Crippen LogP contribution is -2.42. The van der Waals surface area contributed by atoms with Gasteiger partial charge >= 0.3 is 0 Å². The SMILES string of the molecule is O=C1c2ccccc2N[C@@H](c2ccc3c(c2)OCCO3)N1Cc1ccco1. The van der Waals surface area contributed by atoms with E-state index >= 15 is 0 Å². The number of anilines is 1. The van der Waals surface area contributed by atoms with E-state index in [1.807, 2.05) is 54.6 Å².